The second-order valence-corrected chi connectivity index (χ2v) is 2.72. The maximum absolute atomic E-state index is 10.5. The molecule has 0 aromatic rings. The van der Waals surface area contributed by atoms with Crippen LogP contribution in [-0.4, -0.2) is 40.6 Å². The summed E-state index contributed by atoms with van der Waals surface area (Å²) < 4.78 is 0. The fraction of sp³-hybridized carbons (Fsp3) is 0.571. The first-order valence-electron chi connectivity index (χ1n) is 3.48. The molecule has 1 N–H and O–H groups in total. The molecule has 4 nitrogen and oxygen atoms in total. The number of hydrogen-bond donors (Lipinski definition) is 1. The van der Waals surface area contributed by atoms with Crippen molar-refractivity contribution in [3.05, 3.63) is 12.4 Å². The minimum atomic E-state index is -0.787. The Balaban J connectivity index is 2.51. The third-order valence-corrected chi connectivity index (χ3v) is 1.75. The predicted molar refractivity (Wildman–Crippen MR) is 40.7 cm³/mol. The van der Waals surface area contributed by atoms with Crippen LogP contribution in [-0.2, 0) is 4.79 Å². The fourth-order valence-corrected chi connectivity index (χ4v) is 0.945. The number of carboxylic acids is 1. The number of nitrogens with zero attached hydrogens (tertiary/aromatic N) is 2. The van der Waals surface area contributed by atoms with Crippen molar-refractivity contribution in [3.8, 4) is 0 Å². The Morgan fingerprint density at radius 1 is 1.64 bits per heavy atom. The Morgan fingerprint density at radius 3 is 2.64 bits per heavy atom. The highest BCUT2D eigenvalue weighted by molar-refractivity contribution is 5.73. The molecule has 1 rings (SSSR count). The van der Waals surface area contributed by atoms with Gasteiger partial charge in [0.15, 0.2) is 0 Å². The van der Waals surface area contributed by atoms with Gasteiger partial charge in [0, 0.05) is 19.4 Å². The summed E-state index contributed by atoms with van der Waals surface area (Å²) in [4.78, 5) is 14.2. The molecular formula is C7H12N2O2. The van der Waals surface area contributed by atoms with Crippen LogP contribution in [0.25, 0.3) is 0 Å². The van der Waals surface area contributed by atoms with Crippen LogP contribution in [0.2, 0.25) is 0 Å². The molecule has 11 heavy (non-hydrogen) atoms. The summed E-state index contributed by atoms with van der Waals surface area (Å²) >= 11 is 0. The van der Waals surface area contributed by atoms with Crippen molar-refractivity contribution < 1.29 is 9.90 Å². The average Bonchev–Trinajstić information content (AvgIpc) is 2.34. The van der Waals surface area contributed by atoms with Crippen molar-refractivity contribution in [2.45, 2.75) is 13.0 Å². The molecule has 0 fully saturated rings. The SMILES string of the molecule is CC(C(=O)O)N1C=CN(C)C1. The number of hydrogen-bond acceptors (Lipinski definition) is 3. The van der Waals surface area contributed by atoms with Gasteiger partial charge in [-0.05, 0) is 6.92 Å². The van der Waals surface area contributed by atoms with E-state index in [1.807, 2.05) is 18.1 Å². The van der Waals surface area contributed by atoms with Crippen molar-refractivity contribution >= 4 is 5.97 Å². The fourth-order valence-electron chi connectivity index (χ4n) is 0.945. The Morgan fingerprint density at radius 2 is 2.27 bits per heavy atom. The van der Waals surface area contributed by atoms with Gasteiger partial charge in [-0.25, -0.2) is 4.79 Å². The number of rotatable bonds is 2. The lowest BCUT2D eigenvalue weighted by molar-refractivity contribution is -0.141. The molecule has 1 aliphatic heterocycles. The van der Waals surface area contributed by atoms with E-state index in [-0.39, 0.29) is 0 Å². The van der Waals surface area contributed by atoms with Gasteiger partial charge >= 0.3 is 5.97 Å². The molecule has 4 heteroatoms. The molecule has 0 aromatic heterocycles. The Bertz CT molecular complexity index is 191. The van der Waals surface area contributed by atoms with E-state index in [0.29, 0.717) is 6.67 Å². The number of aliphatic carboxylic acids is 1. The summed E-state index contributed by atoms with van der Waals surface area (Å²) in [5, 5.41) is 8.63. The summed E-state index contributed by atoms with van der Waals surface area (Å²) in [6.45, 7) is 2.33. The van der Waals surface area contributed by atoms with Crippen LogP contribution in [0, 0.1) is 0 Å². The smallest absolute Gasteiger partial charge is 0.326 e. The lowest BCUT2D eigenvalue weighted by Gasteiger charge is -2.21. The quantitative estimate of drug-likeness (QED) is 0.617. The van der Waals surface area contributed by atoms with Crippen LogP contribution in [0.15, 0.2) is 12.4 Å². The summed E-state index contributed by atoms with van der Waals surface area (Å²) in [6, 6.07) is -0.434. The van der Waals surface area contributed by atoms with Gasteiger partial charge in [-0.15, -0.1) is 0 Å². The lowest BCUT2D eigenvalue weighted by Crippen LogP contribution is -2.36. The summed E-state index contributed by atoms with van der Waals surface area (Å²) in [5.74, 6) is -0.787. The first kappa shape index (κ1) is 7.91. The van der Waals surface area contributed by atoms with Crippen molar-refractivity contribution in [1.29, 1.82) is 0 Å². The van der Waals surface area contributed by atoms with Gasteiger partial charge in [0.2, 0.25) is 0 Å². The maximum atomic E-state index is 10.5. The molecule has 1 heterocycles. The largest absolute Gasteiger partial charge is 0.480 e. The van der Waals surface area contributed by atoms with Gasteiger partial charge in [-0.2, -0.15) is 0 Å². The summed E-state index contributed by atoms with van der Waals surface area (Å²) in [7, 11) is 1.91. The first-order valence-corrected chi connectivity index (χ1v) is 3.48. The number of carboxylic acid groups (broad SMARTS) is 1. The van der Waals surface area contributed by atoms with Crippen LogP contribution in [0.4, 0.5) is 0 Å². The van der Waals surface area contributed by atoms with Gasteiger partial charge in [0.1, 0.15) is 6.04 Å². The molecule has 62 valence electrons. The van der Waals surface area contributed by atoms with Gasteiger partial charge in [-0.1, -0.05) is 0 Å². The van der Waals surface area contributed by atoms with Crippen LogP contribution in [0.1, 0.15) is 6.92 Å². The van der Waals surface area contributed by atoms with E-state index in [9.17, 15) is 4.79 Å². The molecule has 0 saturated heterocycles. The Kier molecular flexibility index (Phi) is 2.03. The maximum Gasteiger partial charge on any atom is 0.326 e. The Labute approximate surface area is 65.7 Å². The summed E-state index contributed by atoms with van der Waals surface area (Å²) in [5.41, 5.74) is 0. The second-order valence-electron chi connectivity index (χ2n) is 2.72. The Hall–Kier alpha value is -1.19. The minimum Gasteiger partial charge on any atom is -0.480 e. The normalized spacial score (nSPS) is 19.1. The molecule has 0 radical (unpaired) electrons. The van der Waals surface area contributed by atoms with E-state index in [2.05, 4.69) is 0 Å². The van der Waals surface area contributed by atoms with Crippen molar-refractivity contribution in [1.82, 2.24) is 9.80 Å². The van der Waals surface area contributed by atoms with Crippen LogP contribution >= 0.6 is 0 Å². The monoisotopic (exact) mass is 156 g/mol. The molecule has 0 saturated carbocycles. The lowest BCUT2D eigenvalue weighted by atomic mass is 10.3. The zero-order valence-corrected chi connectivity index (χ0v) is 6.69. The van der Waals surface area contributed by atoms with Crippen molar-refractivity contribution in [2.24, 2.45) is 0 Å². The second kappa shape index (κ2) is 2.82. The van der Waals surface area contributed by atoms with Gasteiger partial charge in [0.05, 0.1) is 6.67 Å². The first-order chi connectivity index (χ1) is 5.11. The zero-order valence-electron chi connectivity index (χ0n) is 6.69. The molecule has 0 amide bonds. The summed E-state index contributed by atoms with van der Waals surface area (Å²) in [6.07, 6.45) is 3.65. The highest BCUT2D eigenvalue weighted by Crippen LogP contribution is 2.08. The average molecular weight is 156 g/mol. The van der Waals surface area contributed by atoms with E-state index in [1.165, 1.54) is 0 Å². The highest BCUT2D eigenvalue weighted by atomic mass is 16.4. The molecular weight excluding hydrogens is 144 g/mol. The topological polar surface area (TPSA) is 43.8 Å². The van der Waals surface area contributed by atoms with E-state index in [4.69, 9.17) is 5.11 Å². The third-order valence-electron chi connectivity index (χ3n) is 1.75. The van der Waals surface area contributed by atoms with Gasteiger partial charge in [-0.3, -0.25) is 0 Å². The molecule has 0 aliphatic carbocycles. The predicted octanol–water partition coefficient (Wildman–Crippen LogP) is 0.136. The van der Waals surface area contributed by atoms with Gasteiger partial charge in [0.25, 0.3) is 0 Å². The number of carbonyl (C=O) groups is 1. The molecule has 0 spiro atoms. The van der Waals surface area contributed by atoms with E-state index in [1.54, 1.807) is 18.0 Å². The molecule has 1 aliphatic rings. The standard InChI is InChI=1S/C7H12N2O2/c1-6(7(10)11)9-4-3-8(2)5-9/h3-4,6H,5H2,1-2H3,(H,10,11). The molecule has 0 aromatic carbocycles. The van der Waals surface area contributed by atoms with Crippen molar-refractivity contribution in [3.63, 3.8) is 0 Å². The van der Waals surface area contributed by atoms with Gasteiger partial charge < -0.3 is 14.9 Å². The zero-order chi connectivity index (χ0) is 8.43. The highest BCUT2D eigenvalue weighted by Gasteiger charge is 2.20. The van der Waals surface area contributed by atoms with Crippen LogP contribution in [0.3, 0.4) is 0 Å². The van der Waals surface area contributed by atoms with Crippen molar-refractivity contribution in [2.75, 3.05) is 13.7 Å². The molecule has 0 bridgehead atoms. The van der Waals surface area contributed by atoms with E-state index < -0.39 is 12.0 Å². The van der Waals surface area contributed by atoms with Crippen LogP contribution < -0.4 is 0 Å². The minimum absolute atomic E-state index is 0.434. The third kappa shape index (κ3) is 1.63. The van der Waals surface area contributed by atoms with E-state index in [0.717, 1.165) is 0 Å². The molecule has 1 unspecified atom stereocenters. The van der Waals surface area contributed by atoms with Crippen LogP contribution in [0.5, 0.6) is 0 Å². The van der Waals surface area contributed by atoms with E-state index >= 15 is 0 Å². The molecule has 1 atom stereocenters.